The van der Waals surface area contributed by atoms with Gasteiger partial charge in [0, 0.05) is 18.7 Å². The van der Waals surface area contributed by atoms with E-state index in [0.717, 1.165) is 13.1 Å². The molecule has 0 aromatic rings. The first-order valence-electron chi connectivity index (χ1n) is 6.83. The van der Waals surface area contributed by atoms with Gasteiger partial charge in [0.05, 0.1) is 21.3 Å². The summed E-state index contributed by atoms with van der Waals surface area (Å²) < 4.78 is 0.413. The van der Waals surface area contributed by atoms with Crippen molar-refractivity contribution in [3.8, 4) is 0 Å². The zero-order valence-corrected chi connectivity index (χ0v) is 14.1. The Balaban J connectivity index is 2.00. The van der Waals surface area contributed by atoms with Gasteiger partial charge in [-0.3, -0.25) is 9.59 Å². The number of allylic oxidation sites excluding steroid dienone is 2. The van der Waals surface area contributed by atoms with Crippen LogP contribution in [-0.4, -0.2) is 45.5 Å². The molecule has 0 radical (unpaired) electrons. The first-order valence-corrected chi connectivity index (χ1v) is 7.62. The van der Waals surface area contributed by atoms with Crippen LogP contribution in [0.4, 0.5) is 0 Å². The SMILES string of the molecule is CC1=C(N2CC2(C)C)C(=O)C(Br)=C(N2CC2(C)C)C1=O. The highest BCUT2D eigenvalue weighted by atomic mass is 79.9. The number of hydrogen-bond donors (Lipinski definition) is 0. The summed E-state index contributed by atoms with van der Waals surface area (Å²) >= 11 is 3.36. The van der Waals surface area contributed by atoms with Crippen molar-refractivity contribution in [3.63, 3.8) is 0 Å². The van der Waals surface area contributed by atoms with E-state index < -0.39 is 0 Å². The molecule has 0 aromatic carbocycles. The molecule has 1 aliphatic carbocycles. The molecule has 5 heteroatoms. The summed E-state index contributed by atoms with van der Waals surface area (Å²) in [5.41, 5.74) is 1.62. The van der Waals surface area contributed by atoms with Gasteiger partial charge in [0.1, 0.15) is 5.70 Å². The number of ketones is 2. The number of rotatable bonds is 2. The largest absolute Gasteiger partial charge is 0.359 e. The van der Waals surface area contributed by atoms with Crippen LogP contribution in [0.2, 0.25) is 0 Å². The maximum Gasteiger partial charge on any atom is 0.218 e. The van der Waals surface area contributed by atoms with E-state index in [1.165, 1.54) is 0 Å². The normalized spacial score (nSPS) is 27.5. The third-order valence-electron chi connectivity index (χ3n) is 4.42. The lowest BCUT2D eigenvalue weighted by Gasteiger charge is -2.24. The van der Waals surface area contributed by atoms with E-state index in [0.29, 0.717) is 21.4 Å². The lowest BCUT2D eigenvalue weighted by molar-refractivity contribution is -0.117. The molecule has 2 aliphatic heterocycles. The molecule has 20 heavy (non-hydrogen) atoms. The Kier molecular flexibility index (Phi) is 2.60. The van der Waals surface area contributed by atoms with E-state index in [4.69, 9.17) is 0 Å². The van der Waals surface area contributed by atoms with Crippen molar-refractivity contribution in [1.82, 2.24) is 9.80 Å². The summed E-state index contributed by atoms with van der Waals surface area (Å²) in [4.78, 5) is 29.3. The minimum Gasteiger partial charge on any atom is -0.359 e. The standard InChI is InChI=1S/C15H19BrN2O2/c1-8-10(17-6-14(17,2)3)13(20)9(16)11(12(8)19)18-7-15(18,4)5/h6-7H2,1-5H3. The molecule has 3 rings (SSSR count). The van der Waals surface area contributed by atoms with Gasteiger partial charge in [-0.25, -0.2) is 0 Å². The van der Waals surface area contributed by atoms with Crippen LogP contribution in [0.5, 0.6) is 0 Å². The van der Waals surface area contributed by atoms with E-state index >= 15 is 0 Å². The molecule has 0 saturated carbocycles. The number of halogens is 1. The molecule has 2 heterocycles. The van der Waals surface area contributed by atoms with Gasteiger partial charge in [0.2, 0.25) is 11.6 Å². The molecule has 0 amide bonds. The number of nitrogens with zero attached hydrogens (tertiary/aromatic N) is 2. The molecule has 0 atom stereocenters. The fourth-order valence-corrected chi connectivity index (χ4v) is 3.38. The van der Waals surface area contributed by atoms with Crippen molar-refractivity contribution >= 4 is 27.5 Å². The van der Waals surface area contributed by atoms with E-state index in [1.54, 1.807) is 6.92 Å². The fraction of sp³-hybridized carbons (Fsp3) is 0.600. The van der Waals surface area contributed by atoms with Crippen molar-refractivity contribution in [2.24, 2.45) is 0 Å². The van der Waals surface area contributed by atoms with Crippen LogP contribution in [-0.2, 0) is 9.59 Å². The number of carbonyl (C=O) groups excluding carboxylic acids is 2. The minimum absolute atomic E-state index is 0.0174. The Morgan fingerprint density at radius 2 is 1.30 bits per heavy atom. The second-order valence-electron chi connectivity index (χ2n) is 7.09. The molecule has 3 aliphatic rings. The van der Waals surface area contributed by atoms with Gasteiger partial charge >= 0.3 is 0 Å². The van der Waals surface area contributed by atoms with Gasteiger partial charge in [-0.2, -0.15) is 0 Å². The average molecular weight is 339 g/mol. The van der Waals surface area contributed by atoms with Gasteiger partial charge < -0.3 is 9.80 Å². The van der Waals surface area contributed by atoms with Crippen LogP contribution in [0.15, 0.2) is 21.4 Å². The smallest absolute Gasteiger partial charge is 0.218 e. The minimum atomic E-state index is -0.0645. The predicted octanol–water partition coefficient (Wildman–Crippen LogP) is 2.21. The zero-order chi connectivity index (χ0) is 15.0. The van der Waals surface area contributed by atoms with Crippen LogP contribution in [0.3, 0.4) is 0 Å². The van der Waals surface area contributed by atoms with Crippen molar-refractivity contribution in [2.45, 2.75) is 45.7 Å². The summed E-state index contributed by atoms with van der Waals surface area (Å²) in [5.74, 6) is -0.0925. The first kappa shape index (κ1) is 13.9. The second-order valence-corrected chi connectivity index (χ2v) is 7.88. The van der Waals surface area contributed by atoms with Crippen LogP contribution >= 0.6 is 15.9 Å². The number of Topliss-reactive ketones (excluding diaryl/α,β-unsaturated/α-hetero) is 2. The van der Waals surface area contributed by atoms with Gasteiger partial charge in [-0.05, 0) is 50.5 Å². The van der Waals surface area contributed by atoms with Gasteiger partial charge in [0.15, 0.2) is 0 Å². The Bertz CT molecular complexity index is 559. The molecule has 2 fully saturated rings. The fourth-order valence-electron chi connectivity index (χ4n) is 2.80. The third-order valence-corrected chi connectivity index (χ3v) is 5.15. The van der Waals surface area contributed by atoms with E-state index in [2.05, 4.69) is 43.6 Å². The summed E-state index contributed by atoms with van der Waals surface area (Å²) in [6.45, 7) is 11.7. The van der Waals surface area contributed by atoms with Crippen LogP contribution in [0.25, 0.3) is 0 Å². The Labute approximate surface area is 127 Å². The highest BCUT2D eigenvalue weighted by Crippen LogP contribution is 2.45. The maximum atomic E-state index is 12.6. The lowest BCUT2D eigenvalue weighted by Crippen LogP contribution is -2.30. The molecule has 0 spiro atoms. The van der Waals surface area contributed by atoms with Gasteiger partial charge in [0.25, 0.3) is 0 Å². The second kappa shape index (κ2) is 3.75. The molecule has 108 valence electrons. The van der Waals surface area contributed by atoms with E-state index in [-0.39, 0.29) is 22.6 Å². The Morgan fingerprint density at radius 3 is 1.70 bits per heavy atom. The summed E-state index contributed by atoms with van der Waals surface area (Å²) in [6.07, 6.45) is 0. The van der Waals surface area contributed by atoms with E-state index in [9.17, 15) is 9.59 Å². The summed E-state index contributed by atoms with van der Waals surface area (Å²) in [6, 6.07) is 0. The molecule has 0 N–H and O–H groups in total. The van der Waals surface area contributed by atoms with Crippen molar-refractivity contribution in [3.05, 3.63) is 21.4 Å². The topological polar surface area (TPSA) is 40.2 Å². The molecular formula is C15H19BrN2O2. The average Bonchev–Trinajstić information content (AvgIpc) is 3.14. The highest BCUT2D eigenvalue weighted by Gasteiger charge is 2.53. The molecule has 4 nitrogen and oxygen atoms in total. The summed E-state index contributed by atoms with van der Waals surface area (Å²) in [7, 11) is 0. The molecule has 2 saturated heterocycles. The summed E-state index contributed by atoms with van der Waals surface area (Å²) in [5, 5.41) is 0. The Hall–Kier alpha value is -1.10. The monoisotopic (exact) mass is 338 g/mol. The van der Waals surface area contributed by atoms with Crippen LogP contribution in [0, 0.1) is 0 Å². The molecule has 0 aromatic heterocycles. The van der Waals surface area contributed by atoms with Gasteiger partial charge in [-0.1, -0.05) is 0 Å². The first-order chi connectivity index (χ1) is 9.08. The van der Waals surface area contributed by atoms with Crippen molar-refractivity contribution < 1.29 is 9.59 Å². The predicted molar refractivity (Wildman–Crippen MR) is 80.2 cm³/mol. The third kappa shape index (κ3) is 1.79. The van der Waals surface area contributed by atoms with Crippen molar-refractivity contribution in [2.75, 3.05) is 13.1 Å². The van der Waals surface area contributed by atoms with Crippen LogP contribution in [0.1, 0.15) is 34.6 Å². The molecule has 0 bridgehead atoms. The van der Waals surface area contributed by atoms with Crippen LogP contribution < -0.4 is 0 Å². The van der Waals surface area contributed by atoms with Crippen molar-refractivity contribution in [1.29, 1.82) is 0 Å². The maximum absolute atomic E-state index is 12.6. The molecule has 0 unspecified atom stereocenters. The van der Waals surface area contributed by atoms with E-state index in [1.807, 2.05) is 9.80 Å². The quantitative estimate of drug-likeness (QED) is 0.571. The number of hydrogen-bond acceptors (Lipinski definition) is 4. The number of carbonyl (C=O) groups is 2. The van der Waals surface area contributed by atoms with Gasteiger partial charge in [-0.15, -0.1) is 0 Å². The lowest BCUT2D eigenvalue weighted by atomic mass is 9.97. The Morgan fingerprint density at radius 1 is 0.900 bits per heavy atom. The highest BCUT2D eigenvalue weighted by molar-refractivity contribution is 9.12. The zero-order valence-electron chi connectivity index (χ0n) is 12.5. The molecular weight excluding hydrogens is 320 g/mol.